The van der Waals surface area contributed by atoms with Crippen molar-refractivity contribution in [2.45, 2.75) is 20.3 Å². The number of aromatic nitrogens is 1. The Kier molecular flexibility index (Phi) is 3.68. The minimum atomic E-state index is 0.295. The monoisotopic (exact) mass is 286 g/mol. The first-order valence-corrected chi connectivity index (χ1v) is 7.58. The van der Waals surface area contributed by atoms with Gasteiger partial charge in [0.2, 0.25) is 0 Å². The normalized spacial score (nSPS) is 18.2. The minimum absolute atomic E-state index is 0.295. The van der Waals surface area contributed by atoms with Crippen molar-refractivity contribution in [1.29, 1.82) is 0 Å². The van der Waals surface area contributed by atoms with E-state index in [1.165, 1.54) is 11.3 Å². The minimum Gasteiger partial charge on any atom is -0.367 e. The van der Waals surface area contributed by atoms with Gasteiger partial charge in [0.25, 0.3) is 0 Å². The highest BCUT2D eigenvalue weighted by molar-refractivity contribution is 5.92. The lowest BCUT2D eigenvalue weighted by atomic mass is 9.94. The Bertz CT molecular complexity index is 592. The summed E-state index contributed by atoms with van der Waals surface area (Å²) in [5.41, 5.74) is 3.54. The topological polar surface area (TPSA) is 39.7 Å². The van der Waals surface area contributed by atoms with Crippen molar-refractivity contribution in [1.82, 2.24) is 14.9 Å². The van der Waals surface area contributed by atoms with Crippen LogP contribution in [0.25, 0.3) is 5.70 Å². The highest BCUT2D eigenvalue weighted by atomic mass is 16.1. The maximum absolute atomic E-state index is 11.9. The zero-order valence-corrected chi connectivity index (χ0v) is 13.0. The molecule has 0 aliphatic carbocycles. The lowest BCUT2D eigenvalue weighted by molar-refractivity contribution is -0.119. The smallest absolute Gasteiger partial charge is 0.156 e. The molecule has 0 saturated heterocycles. The molecule has 2 aliphatic heterocycles. The maximum Gasteiger partial charge on any atom is 0.156 e. The van der Waals surface area contributed by atoms with Crippen LogP contribution in [0.1, 0.15) is 25.8 Å². The number of pyridine rings is 1. The van der Waals surface area contributed by atoms with E-state index in [-0.39, 0.29) is 0 Å². The number of carbonyl (C=O) groups is 1. The Hall–Kier alpha value is -1.88. The van der Waals surface area contributed by atoms with Crippen LogP contribution >= 0.6 is 0 Å². The molecule has 0 spiro atoms. The third-order valence-corrected chi connectivity index (χ3v) is 4.24. The predicted molar refractivity (Wildman–Crippen MR) is 83.7 cm³/mol. The second-order valence-corrected chi connectivity index (χ2v) is 5.59. The first kappa shape index (κ1) is 14.1. The van der Waals surface area contributed by atoms with Gasteiger partial charge in [-0.3, -0.25) is 9.80 Å². The van der Waals surface area contributed by atoms with Crippen LogP contribution in [0.2, 0.25) is 0 Å². The van der Waals surface area contributed by atoms with E-state index in [9.17, 15) is 4.79 Å². The molecule has 3 heterocycles. The maximum atomic E-state index is 11.9. The number of likely N-dealkylation sites (N-methyl/N-ethyl adjacent to an activating group) is 1. The molecule has 112 valence electrons. The van der Waals surface area contributed by atoms with Gasteiger partial charge in [0, 0.05) is 44.0 Å². The number of Topliss-reactive ketones (excluding diaryl/α,β-unsaturated/α-hetero) is 1. The molecule has 0 unspecified atom stereocenters. The summed E-state index contributed by atoms with van der Waals surface area (Å²) in [5.74, 6) is 1.30. The molecule has 0 fully saturated rings. The summed E-state index contributed by atoms with van der Waals surface area (Å²) in [7, 11) is 2.00. The zero-order valence-electron chi connectivity index (χ0n) is 13.0. The summed E-state index contributed by atoms with van der Waals surface area (Å²) >= 11 is 0. The molecule has 1 aromatic heterocycles. The Morgan fingerprint density at radius 3 is 2.76 bits per heavy atom. The largest absolute Gasteiger partial charge is 0.367 e. The van der Waals surface area contributed by atoms with Crippen LogP contribution in [-0.2, 0) is 4.79 Å². The Labute approximate surface area is 125 Å². The Morgan fingerprint density at radius 1 is 1.29 bits per heavy atom. The van der Waals surface area contributed by atoms with Gasteiger partial charge in [-0.25, -0.2) is 9.99 Å². The van der Waals surface area contributed by atoms with Gasteiger partial charge in [0.1, 0.15) is 0 Å². The van der Waals surface area contributed by atoms with Crippen LogP contribution in [0, 0.1) is 0 Å². The molecule has 0 amide bonds. The molecule has 0 atom stereocenters. The van der Waals surface area contributed by atoms with E-state index in [1.807, 2.05) is 19.3 Å². The Morgan fingerprint density at radius 2 is 2.05 bits per heavy atom. The number of carbonyl (C=O) groups excluding carboxylic acids is 1. The van der Waals surface area contributed by atoms with E-state index >= 15 is 0 Å². The van der Waals surface area contributed by atoms with Gasteiger partial charge in [-0.2, -0.15) is 0 Å². The number of anilines is 1. The van der Waals surface area contributed by atoms with Gasteiger partial charge in [-0.15, -0.1) is 0 Å². The third kappa shape index (κ3) is 2.31. The number of hydrazine groups is 1. The second kappa shape index (κ2) is 5.48. The van der Waals surface area contributed by atoms with E-state index in [4.69, 9.17) is 0 Å². The van der Waals surface area contributed by atoms with Crippen LogP contribution in [0.15, 0.2) is 23.9 Å². The van der Waals surface area contributed by atoms with Crippen LogP contribution in [0.4, 0.5) is 5.82 Å². The molecule has 2 aliphatic rings. The van der Waals surface area contributed by atoms with E-state index in [1.54, 1.807) is 0 Å². The van der Waals surface area contributed by atoms with Gasteiger partial charge < -0.3 is 4.90 Å². The summed E-state index contributed by atoms with van der Waals surface area (Å²) in [6, 6.07) is 4.08. The lowest BCUT2D eigenvalue weighted by Crippen LogP contribution is -2.48. The van der Waals surface area contributed by atoms with Gasteiger partial charge in [0.05, 0.1) is 13.1 Å². The van der Waals surface area contributed by atoms with Crippen molar-refractivity contribution in [3.05, 3.63) is 29.5 Å². The third-order valence-electron chi connectivity index (χ3n) is 4.24. The van der Waals surface area contributed by atoms with Gasteiger partial charge in [0.15, 0.2) is 11.6 Å². The second-order valence-electron chi connectivity index (χ2n) is 5.59. The highest BCUT2D eigenvalue weighted by Crippen LogP contribution is 2.38. The molecular weight excluding hydrogens is 264 g/mol. The number of rotatable bonds is 3. The first-order chi connectivity index (χ1) is 10.2. The van der Waals surface area contributed by atoms with Crippen molar-refractivity contribution in [3.63, 3.8) is 0 Å². The molecule has 0 aromatic carbocycles. The standard InChI is InChI=1S/C16H22N4O/c1-4-19(5-2)20-10-12-9-13(21)11-18(3)15(12)14-7-6-8-17-16(14)20/h6-8H,4-5,9-11H2,1-3H3. The highest BCUT2D eigenvalue weighted by Gasteiger charge is 2.33. The van der Waals surface area contributed by atoms with Crippen molar-refractivity contribution in [2.75, 3.05) is 38.2 Å². The number of ketones is 1. The molecule has 1 aromatic rings. The molecular formula is C16H22N4O. The average Bonchev–Trinajstić information content (AvgIpc) is 2.47. The predicted octanol–water partition coefficient (Wildman–Crippen LogP) is 1.77. The van der Waals surface area contributed by atoms with Crippen molar-refractivity contribution in [3.8, 4) is 0 Å². The van der Waals surface area contributed by atoms with Crippen molar-refractivity contribution >= 4 is 17.3 Å². The first-order valence-electron chi connectivity index (χ1n) is 7.58. The van der Waals surface area contributed by atoms with Gasteiger partial charge in [-0.05, 0) is 17.7 Å². The fourth-order valence-electron chi connectivity index (χ4n) is 3.36. The van der Waals surface area contributed by atoms with E-state index < -0.39 is 0 Å². The van der Waals surface area contributed by atoms with Crippen LogP contribution in [0.3, 0.4) is 0 Å². The SMILES string of the molecule is CCN(CC)N1CC2=C(c3cccnc31)N(C)CC(=O)C2. The number of hydrogen-bond donors (Lipinski definition) is 0. The summed E-state index contributed by atoms with van der Waals surface area (Å²) in [5, 5.41) is 4.50. The van der Waals surface area contributed by atoms with Crippen molar-refractivity contribution in [2.24, 2.45) is 0 Å². The van der Waals surface area contributed by atoms with E-state index in [2.05, 4.69) is 39.8 Å². The molecule has 5 heteroatoms. The molecule has 3 rings (SSSR count). The summed E-state index contributed by atoms with van der Waals surface area (Å²) in [6.07, 6.45) is 2.40. The fraction of sp³-hybridized carbons (Fsp3) is 0.500. The van der Waals surface area contributed by atoms with Crippen LogP contribution in [-0.4, -0.2) is 53.9 Å². The molecule has 0 bridgehead atoms. The summed E-state index contributed by atoms with van der Waals surface area (Å²) in [4.78, 5) is 18.6. The summed E-state index contributed by atoms with van der Waals surface area (Å²) in [6.45, 7) is 7.41. The Balaban J connectivity index is 2.11. The molecule has 0 N–H and O–H groups in total. The van der Waals surface area contributed by atoms with E-state index in [0.29, 0.717) is 18.7 Å². The van der Waals surface area contributed by atoms with Crippen LogP contribution < -0.4 is 5.01 Å². The number of fused-ring (bicyclic) bond motifs is 2. The molecule has 5 nitrogen and oxygen atoms in total. The number of hydrogen-bond acceptors (Lipinski definition) is 5. The van der Waals surface area contributed by atoms with E-state index in [0.717, 1.165) is 31.0 Å². The zero-order chi connectivity index (χ0) is 15.0. The van der Waals surface area contributed by atoms with Crippen LogP contribution in [0.5, 0.6) is 0 Å². The molecule has 21 heavy (non-hydrogen) atoms. The van der Waals surface area contributed by atoms with Crippen molar-refractivity contribution < 1.29 is 4.79 Å². The number of nitrogens with zero attached hydrogens (tertiary/aromatic N) is 4. The quantitative estimate of drug-likeness (QED) is 0.847. The fourth-order valence-corrected chi connectivity index (χ4v) is 3.36. The molecule has 0 radical (unpaired) electrons. The van der Waals surface area contributed by atoms with Gasteiger partial charge >= 0.3 is 0 Å². The van der Waals surface area contributed by atoms with Gasteiger partial charge in [-0.1, -0.05) is 13.8 Å². The average molecular weight is 286 g/mol. The molecule has 0 saturated carbocycles. The summed E-state index contributed by atoms with van der Waals surface area (Å²) < 4.78 is 0. The lowest BCUT2D eigenvalue weighted by Gasteiger charge is -2.43.